The molecular weight excluding hydrogens is 490 g/mol. The molecule has 0 saturated carbocycles. The van der Waals surface area contributed by atoms with Crippen molar-refractivity contribution in [2.24, 2.45) is 5.10 Å². The highest BCUT2D eigenvalue weighted by atomic mass is 35.5. The molecule has 0 aliphatic heterocycles. The van der Waals surface area contributed by atoms with E-state index >= 15 is 0 Å². The predicted molar refractivity (Wildman–Crippen MR) is 144 cm³/mol. The Morgan fingerprint density at radius 2 is 1.84 bits per heavy atom. The first-order valence-corrected chi connectivity index (χ1v) is 12.2. The van der Waals surface area contributed by atoms with Gasteiger partial charge in [-0.3, -0.25) is 9.59 Å². The molecule has 1 aromatic heterocycles. The monoisotopic (exact) mass is 515 g/mol. The number of ether oxygens (including phenoxy) is 1. The maximum atomic E-state index is 12.2. The third-order valence-corrected chi connectivity index (χ3v) is 5.49. The number of hydrogen-bond acceptors (Lipinski definition) is 5. The van der Waals surface area contributed by atoms with E-state index in [4.69, 9.17) is 21.4 Å². The molecule has 1 heterocycles. The molecule has 9 heteroatoms. The fourth-order valence-corrected chi connectivity index (χ4v) is 3.64. The van der Waals surface area contributed by atoms with Crippen LogP contribution in [-0.4, -0.2) is 41.0 Å². The minimum Gasteiger partial charge on any atom is -0.494 e. The lowest BCUT2D eigenvalue weighted by molar-refractivity contribution is -0.120. The lowest BCUT2D eigenvalue weighted by Crippen LogP contribution is -2.34. The summed E-state index contributed by atoms with van der Waals surface area (Å²) in [7, 11) is 0. The molecule has 0 bridgehead atoms. The van der Waals surface area contributed by atoms with Gasteiger partial charge in [-0.25, -0.2) is 10.1 Å². The van der Waals surface area contributed by atoms with Gasteiger partial charge in [0.05, 0.1) is 25.1 Å². The van der Waals surface area contributed by atoms with E-state index in [2.05, 4.69) is 22.8 Å². The normalized spacial score (nSPS) is 10.9. The highest BCUT2D eigenvalue weighted by molar-refractivity contribution is 6.31. The van der Waals surface area contributed by atoms with Crippen LogP contribution in [-0.2, 0) is 4.79 Å². The second-order valence-corrected chi connectivity index (χ2v) is 8.51. The zero-order valence-electron chi connectivity index (χ0n) is 20.2. The minimum atomic E-state index is -0.471. The average Bonchev–Trinajstić information content (AvgIpc) is 3.35. The lowest BCUT2D eigenvalue weighted by atomic mass is 10.1. The van der Waals surface area contributed by atoms with Crippen molar-refractivity contribution in [3.8, 4) is 22.7 Å². The molecule has 8 nitrogen and oxygen atoms in total. The number of aromatic nitrogens is 2. The summed E-state index contributed by atoms with van der Waals surface area (Å²) in [5.74, 6) is -0.0872. The van der Waals surface area contributed by atoms with Crippen molar-refractivity contribution in [3.05, 3.63) is 101 Å². The van der Waals surface area contributed by atoms with Gasteiger partial charge in [0.25, 0.3) is 11.8 Å². The van der Waals surface area contributed by atoms with Gasteiger partial charge in [-0.1, -0.05) is 42.8 Å². The largest absolute Gasteiger partial charge is 0.494 e. The van der Waals surface area contributed by atoms with Crippen LogP contribution in [0.5, 0.6) is 5.75 Å². The van der Waals surface area contributed by atoms with Crippen LogP contribution in [0.4, 0.5) is 0 Å². The van der Waals surface area contributed by atoms with Gasteiger partial charge in [-0.2, -0.15) is 10.2 Å². The number of rotatable bonds is 10. The third kappa shape index (κ3) is 7.05. The molecule has 188 valence electrons. The second-order valence-electron chi connectivity index (χ2n) is 8.07. The van der Waals surface area contributed by atoms with E-state index in [1.165, 1.54) is 12.3 Å². The van der Waals surface area contributed by atoms with E-state index in [-0.39, 0.29) is 6.54 Å². The van der Waals surface area contributed by atoms with Crippen molar-refractivity contribution in [2.75, 3.05) is 13.2 Å². The van der Waals surface area contributed by atoms with Gasteiger partial charge in [-0.15, -0.1) is 0 Å². The molecule has 0 unspecified atom stereocenters. The van der Waals surface area contributed by atoms with E-state index in [0.717, 1.165) is 23.4 Å². The van der Waals surface area contributed by atoms with Crippen LogP contribution in [0.1, 0.15) is 29.3 Å². The number of hydrogen-bond donors (Lipinski definition) is 2. The average molecular weight is 516 g/mol. The summed E-state index contributed by atoms with van der Waals surface area (Å²) in [5, 5.41) is 11.8. The predicted octanol–water partition coefficient (Wildman–Crippen LogP) is 4.86. The van der Waals surface area contributed by atoms with Gasteiger partial charge in [0.15, 0.2) is 0 Å². The zero-order chi connectivity index (χ0) is 26.0. The number of nitrogens with zero attached hydrogens (tertiary/aromatic N) is 3. The topological polar surface area (TPSA) is 97.6 Å². The molecule has 4 aromatic rings. The Kier molecular flexibility index (Phi) is 8.67. The smallest absolute Gasteiger partial charge is 0.259 e. The Labute approximate surface area is 219 Å². The van der Waals surface area contributed by atoms with Crippen LogP contribution < -0.4 is 15.5 Å². The summed E-state index contributed by atoms with van der Waals surface area (Å²) >= 11 is 5.91. The van der Waals surface area contributed by atoms with Crippen LogP contribution in [0.3, 0.4) is 0 Å². The summed E-state index contributed by atoms with van der Waals surface area (Å²) in [6.07, 6.45) is 4.29. The molecule has 2 N–H and O–H groups in total. The van der Waals surface area contributed by atoms with Crippen LogP contribution in [0.15, 0.2) is 90.2 Å². The first-order valence-electron chi connectivity index (χ1n) is 11.8. The molecule has 2 amide bonds. The van der Waals surface area contributed by atoms with Crippen LogP contribution >= 0.6 is 11.6 Å². The highest BCUT2D eigenvalue weighted by Gasteiger charge is 2.12. The zero-order valence-corrected chi connectivity index (χ0v) is 21.0. The van der Waals surface area contributed by atoms with Gasteiger partial charge in [0.1, 0.15) is 11.4 Å². The summed E-state index contributed by atoms with van der Waals surface area (Å²) in [4.78, 5) is 24.5. The number of carbonyl (C=O) groups is 2. The summed E-state index contributed by atoms with van der Waals surface area (Å²) in [6.45, 7) is 2.47. The van der Waals surface area contributed by atoms with Gasteiger partial charge < -0.3 is 10.1 Å². The van der Waals surface area contributed by atoms with Gasteiger partial charge >= 0.3 is 0 Å². The minimum absolute atomic E-state index is 0.238. The number of nitrogens with one attached hydrogen (secondary N) is 2. The van der Waals surface area contributed by atoms with E-state index in [1.807, 2.05) is 60.8 Å². The summed E-state index contributed by atoms with van der Waals surface area (Å²) < 4.78 is 7.44. The van der Waals surface area contributed by atoms with E-state index in [1.54, 1.807) is 22.9 Å². The Morgan fingerprint density at radius 3 is 2.57 bits per heavy atom. The van der Waals surface area contributed by atoms with Crippen molar-refractivity contribution >= 4 is 29.6 Å². The Bertz CT molecular complexity index is 1380. The molecule has 0 atom stereocenters. The van der Waals surface area contributed by atoms with E-state index in [9.17, 15) is 9.59 Å². The maximum Gasteiger partial charge on any atom is 0.259 e. The standard InChI is InChI=1S/C28H26ClN5O3/c1-2-15-37-25-13-11-20(12-14-25)27-22(19-34(33-27)24-9-4-3-5-10-24)17-31-32-26(35)18-30-28(36)21-7-6-8-23(29)16-21/h3-14,16-17,19H,2,15,18H2,1H3,(H,30,36)(H,32,35). The first kappa shape index (κ1) is 25.7. The maximum absolute atomic E-state index is 12.2. The summed E-state index contributed by atoms with van der Waals surface area (Å²) in [5.41, 5.74) is 5.97. The van der Waals surface area contributed by atoms with Crippen LogP contribution in [0, 0.1) is 0 Å². The van der Waals surface area contributed by atoms with Gasteiger partial charge in [0.2, 0.25) is 0 Å². The van der Waals surface area contributed by atoms with Crippen molar-refractivity contribution in [2.45, 2.75) is 13.3 Å². The fraction of sp³-hybridized carbons (Fsp3) is 0.143. The number of para-hydroxylation sites is 1. The molecule has 0 fully saturated rings. The highest BCUT2D eigenvalue weighted by Crippen LogP contribution is 2.25. The number of benzene rings is 3. The molecule has 0 saturated heterocycles. The number of halogens is 1. The number of amides is 2. The van der Waals surface area contributed by atoms with Crippen LogP contribution in [0.25, 0.3) is 16.9 Å². The molecule has 4 rings (SSSR count). The van der Waals surface area contributed by atoms with Crippen molar-refractivity contribution in [1.29, 1.82) is 0 Å². The third-order valence-electron chi connectivity index (χ3n) is 5.25. The SMILES string of the molecule is CCCOc1ccc(-c2nn(-c3ccccc3)cc2C=NNC(=O)CNC(=O)c2cccc(Cl)c2)cc1. The van der Waals surface area contributed by atoms with Gasteiger partial charge in [-0.05, 0) is 61.0 Å². The van der Waals surface area contributed by atoms with Gasteiger partial charge in [0, 0.05) is 27.9 Å². The Hall–Kier alpha value is -4.43. The van der Waals surface area contributed by atoms with Crippen molar-refractivity contribution < 1.29 is 14.3 Å². The fourth-order valence-electron chi connectivity index (χ4n) is 3.45. The molecule has 3 aromatic carbocycles. The molecular formula is C28H26ClN5O3. The summed E-state index contributed by atoms with van der Waals surface area (Å²) in [6, 6.07) is 23.9. The molecule has 37 heavy (non-hydrogen) atoms. The molecule has 0 aliphatic rings. The molecule has 0 radical (unpaired) electrons. The number of carbonyl (C=O) groups excluding carboxylic acids is 2. The molecule has 0 aliphatic carbocycles. The first-order chi connectivity index (χ1) is 18.0. The van der Waals surface area contributed by atoms with Crippen molar-refractivity contribution in [1.82, 2.24) is 20.5 Å². The Balaban J connectivity index is 1.46. The Morgan fingerprint density at radius 1 is 1.05 bits per heavy atom. The quantitative estimate of drug-likeness (QED) is 0.233. The molecule has 0 spiro atoms. The van der Waals surface area contributed by atoms with Crippen LogP contribution in [0.2, 0.25) is 5.02 Å². The van der Waals surface area contributed by atoms with E-state index < -0.39 is 11.8 Å². The lowest BCUT2D eigenvalue weighted by Gasteiger charge is -2.05. The second kappa shape index (κ2) is 12.5. The number of hydrazone groups is 1. The van der Waals surface area contributed by atoms with E-state index in [0.29, 0.717) is 28.5 Å². The van der Waals surface area contributed by atoms with Crippen molar-refractivity contribution in [3.63, 3.8) is 0 Å².